The molecule has 0 radical (unpaired) electrons. The summed E-state index contributed by atoms with van der Waals surface area (Å²) in [7, 11) is 1.67. The number of non-ortho nitro benzene ring substituents is 1. The van der Waals surface area contributed by atoms with Crippen molar-refractivity contribution < 1.29 is 19.2 Å². The van der Waals surface area contributed by atoms with Gasteiger partial charge in [0.25, 0.3) is 5.69 Å². The maximum atomic E-state index is 13.4. The minimum Gasteiger partial charge on any atom is -0.495 e. The molecule has 180 valence electrons. The van der Waals surface area contributed by atoms with Crippen LogP contribution < -0.4 is 19.9 Å². The molecule has 2 saturated heterocycles. The molecule has 2 aromatic rings. The summed E-state index contributed by atoms with van der Waals surface area (Å²) in [6.07, 6.45) is 2.51. The molecule has 0 spiro atoms. The van der Waals surface area contributed by atoms with Crippen LogP contribution >= 0.6 is 0 Å². The van der Waals surface area contributed by atoms with Gasteiger partial charge >= 0.3 is 0 Å². The van der Waals surface area contributed by atoms with Crippen molar-refractivity contribution in [2.24, 2.45) is 5.92 Å². The Hall–Kier alpha value is -3.33. The molecule has 34 heavy (non-hydrogen) atoms. The Morgan fingerprint density at radius 3 is 2.85 bits per heavy atom. The molecule has 3 atom stereocenters. The molecule has 1 N–H and O–H groups in total. The Balaban J connectivity index is 1.43. The lowest BCUT2D eigenvalue weighted by Gasteiger charge is -2.49. The Morgan fingerprint density at radius 1 is 1.24 bits per heavy atom. The zero-order chi connectivity index (χ0) is 23.7. The van der Waals surface area contributed by atoms with Gasteiger partial charge in [0.2, 0.25) is 5.91 Å². The third-order valence-corrected chi connectivity index (χ3v) is 7.20. The van der Waals surface area contributed by atoms with Crippen molar-refractivity contribution in [3.05, 3.63) is 58.1 Å². The number of nitro benzene ring substituents is 1. The standard InChI is InChI=1S/C25H30N4O5/c1-33-24-7-3-2-6-22(24)27-10-11-28-21-9-8-18(29(31)32)13-17(21)14-20(23(28)16-27)25(30)26-15-19-5-4-12-34-19/h2-3,6-9,13,19-20,23H,4-5,10-12,14-16H2,1H3,(H,26,30). The first-order chi connectivity index (χ1) is 16.5. The van der Waals surface area contributed by atoms with Crippen molar-refractivity contribution >= 4 is 23.0 Å². The molecule has 3 heterocycles. The van der Waals surface area contributed by atoms with Gasteiger partial charge in [-0.25, -0.2) is 0 Å². The van der Waals surface area contributed by atoms with Crippen LogP contribution in [-0.4, -0.2) is 62.9 Å². The molecule has 2 aromatic carbocycles. The van der Waals surface area contributed by atoms with Gasteiger partial charge in [-0.3, -0.25) is 14.9 Å². The minimum atomic E-state index is -0.376. The number of ether oxygens (including phenoxy) is 2. The quantitative estimate of drug-likeness (QED) is 0.516. The Kier molecular flexibility index (Phi) is 6.28. The van der Waals surface area contributed by atoms with E-state index in [0.29, 0.717) is 26.1 Å². The molecular formula is C25H30N4O5. The summed E-state index contributed by atoms with van der Waals surface area (Å²) in [5.41, 5.74) is 2.91. The molecule has 3 unspecified atom stereocenters. The van der Waals surface area contributed by atoms with Gasteiger partial charge < -0.3 is 24.6 Å². The number of nitrogens with one attached hydrogen (secondary N) is 1. The van der Waals surface area contributed by atoms with Crippen molar-refractivity contribution in [2.45, 2.75) is 31.4 Å². The molecule has 5 rings (SSSR count). The van der Waals surface area contributed by atoms with Crippen molar-refractivity contribution in [1.82, 2.24) is 5.32 Å². The molecule has 0 aliphatic carbocycles. The van der Waals surface area contributed by atoms with Crippen LogP contribution in [0.2, 0.25) is 0 Å². The van der Waals surface area contributed by atoms with E-state index >= 15 is 0 Å². The number of fused-ring (bicyclic) bond motifs is 3. The first-order valence-electron chi connectivity index (χ1n) is 11.9. The van der Waals surface area contributed by atoms with Gasteiger partial charge in [-0.05, 0) is 43.0 Å². The molecule has 2 fully saturated rings. The van der Waals surface area contributed by atoms with E-state index in [9.17, 15) is 14.9 Å². The number of anilines is 2. The zero-order valence-corrected chi connectivity index (χ0v) is 19.3. The second-order valence-electron chi connectivity index (χ2n) is 9.14. The Bertz CT molecular complexity index is 1070. The van der Waals surface area contributed by atoms with E-state index in [4.69, 9.17) is 9.47 Å². The first kappa shape index (κ1) is 22.5. The molecule has 3 aliphatic rings. The number of hydrogen-bond acceptors (Lipinski definition) is 7. The van der Waals surface area contributed by atoms with Gasteiger partial charge in [0.15, 0.2) is 0 Å². The lowest BCUT2D eigenvalue weighted by atomic mass is 9.83. The maximum Gasteiger partial charge on any atom is 0.269 e. The zero-order valence-electron chi connectivity index (χ0n) is 19.3. The number of benzene rings is 2. The summed E-state index contributed by atoms with van der Waals surface area (Å²) in [5, 5.41) is 14.5. The number of methoxy groups -OCH3 is 1. The lowest BCUT2D eigenvalue weighted by Crippen LogP contribution is -2.61. The summed E-state index contributed by atoms with van der Waals surface area (Å²) >= 11 is 0. The highest BCUT2D eigenvalue weighted by atomic mass is 16.6. The predicted molar refractivity (Wildman–Crippen MR) is 129 cm³/mol. The van der Waals surface area contributed by atoms with Gasteiger partial charge in [0.1, 0.15) is 5.75 Å². The summed E-state index contributed by atoms with van der Waals surface area (Å²) in [6.45, 7) is 3.38. The van der Waals surface area contributed by atoms with Crippen LogP contribution in [0.3, 0.4) is 0 Å². The number of nitrogens with zero attached hydrogens (tertiary/aromatic N) is 3. The van der Waals surface area contributed by atoms with Gasteiger partial charge in [-0.1, -0.05) is 12.1 Å². The second kappa shape index (κ2) is 9.50. The van der Waals surface area contributed by atoms with Crippen molar-refractivity contribution in [3.63, 3.8) is 0 Å². The first-order valence-corrected chi connectivity index (χ1v) is 11.9. The number of rotatable bonds is 6. The third kappa shape index (κ3) is 4.27. The SMILES string of the molecule is COc1ccccc1N1CCN2c3ccc([N+](=O)[O-])cc3CC(C(=O)NCC3CCCO3)C2C1. The van der Waals surface area contributed by atoms with E-state index in [0.717, 1.165) is 48.7 Å². The van der Waals surface area contributed by atoms with Crippen LogP contribution in [0.4, 0.5) is 17.1 Å². The molecule has 9 heteroatoms. The van der Waals surface area contributed by atoms with Crippen molar-refractivity contribution in [1.29, 1.82) is 0 Å². The summed E-state index contributed by atoms with van der Waals surface area (Å²) in [6, 6.07) is 12.9. The fraction of sp³-hybridized carbons (Fsp3) is 0.480. The van der Waals surface area contributed by atoms with Crippen LogP contribution in [0.5, 0.6) is 5.75 Å². The van der Waals surface area contributed by atoms with Crippen LogP contribution in [0.15, 0.2) is 42.5 Å². The lowest BCUT2D eigenvalue weighted by molar-refractivity contribution is -0.384. The van der Waals surface area contributed by atoms with Gasteiger partial charge in [0, 0.05) is 50.6 Å². The smallest absolute Gasteiger partial charge is 0.269 e. The van der Waals surface area contributed by atoms with E-state index in [1.807, 2.05) is 30.3 Å². The van der Waals surface area contributed by atoms with E-state index in [2.05, 4.69) is 15.1 Å². The van der Waals surface area contributed by atoms with E-state index < -0.39 is 0 Å². The van der Waals surface area contributed by atoms with Gasteiger partial charge in [0.05, 0.1) is 35.8 Å². The third-order valence-electron chi connectivity index (χ3n) is 7.20. The van der Waals surface area contributed by atoms with Gasteiger partial charge in [-0.15, -0.1) is 0 Å². The number of nitro groups is 1. The van der Waals surface area contributed by atoms with Crippen LogP contribution in [0.1, 0.15) is 18.4 Å². The topological polar surface area (TPSA) is 97.2 Å². The maximum absolute atomic E-state index is 13.4. The summed E-state index contributed by atoms with van der Waals surface area (Å²) < 4.78 is 11.3. The molecule has 1 amide bonds. The fourth-order valence-electron chi connectivity index (χ4n) is 5.48. The van der Waals surface area contributed by atoms with Crippen LogP contribution in [0, 0.1) is 16.0 Å². The van der Waals surface area contributed by atoms with Crippen molar-refractivity contribution in [3.8, 4) is 5.75 Å². The summed E-state index contributed by atoms with van der Waals surface area (Å²) in [4.78, 5) is 29.0. The largest absolute Gasteiger partial charge is 0.495 e. The summed E-state index contributed by atoms with van der Waals surface area (Å²) in [5.74, 6) is 0.458. The van der Waals surface area contributed by atoms with Crippen LogP contribution in [0.25, 0.3) is 0 Å². The Labute approximate surface area is 198 Å². The molecule has 9 nitrogen and oxygen atoms in total. The highest BCUT2D eigenvalue weighted by Gasteiger charge is 2.42. The number of amides is 1. The highest BCUT2D eigenvalue weighted by Crippen LogP contribution is 2.39. The normalized spacial score (nSPS) is 23.7. The molecule has 0 saturated carbocycles. The fourth-order valence-corrected chi connectivity index (χ4v) is 5.48. The minimum absolute atomic E-state index is 0.0236. The monoisotopic (exact) mass is 466 g/mol. The second-order valence-corrected chi connectivity index (χ2v) is 9.14. The number of para-hydroxylation sites is 2. The van der Waals surface area contributed by atoms with E-state index in [1.54, 1.807) is 19.2 Å². The van der Waals surface area contributed by atoms with Crippen molar-refractivity contribution in [2.75, 3.05) is 49.7 Å². The molecule has 0 aromatic heterocycles. The average Bonchev–Trinajstić information content (AvgIpc) is 3.39. The predicted octanol–water partition coefficient (Wildman–Crippen LogP) is 2.77. The Morgan fingerprint density at radius 2 is 2.09 bits per heavy atom. The van der Waals surface area contributed by atoms with Gasteiger partial charge in [-0.2, -0.15) is 0 Å². The van der Waals surface area contributed by atoms with E-state index in [1.165, 1.54) is 0 Å². The average molecular weight is 467 g/mol. The molecular weight excluding hydrogens is 436 g/mol. The number of carbonyl (C=O) groups excluding carboxylic acids is 1. The highest BCUT2D eigenvalue weighted by molar-refractivity contribution is 5.82. The molecule has 0 bridgehead atoms. The number of piperazine rings is 1. The molecule has 3 aliphatic heterocycles. The number of hydrogen-bond donors (Lipinski definition) is 1. The number of carbonyl (C=O) groups is 1. The van der Waals surface area contributed by atoms with Crippen LogP contribution in [-0.2, 0) is 16.0 Å². The van der Waals surface area contributed by atoms with E-state index in [-0.39, 0.29) is 34.6 Å².